The normalized spacial score (nSPS) is 10.0. The van der Waals surface area contributed by atoms with E-state index in [4.69, 9.17) is 23.2 Å². The van der Waals surface area contributed by atoms with Crippen molar-refractivity contribution in [3.05, 3.63) is 23.8 Å². The number of hydrogen-bond donors (Lipinski definition) is 2. The van der Waals surface area contributed by atoms with Gasteiger partial charge in [0.2, 0.25) is 11.8 Å². The molecule has 0 aliphatic rings. The number of halogens is 4. The number of benzene rings is 1. The number of carbonyl (C=O) groups is 2. The highest BCUT2D eigenvalue weighted by Gasteiger charge is 2.13. The van der Waals surface area contributed by atoms with Gasteiger partial charge in [-0.25, -0.2) is 8.78 Å². The van der Waals surface area contributed by atoms with Crippen LogP contribution in [0.25, 0.3) is 0 Å². The van der Waals surface area contributed by atoms with Crippen molar-refractivity contribution in [1.82, 2.24) is 0 Å². The van der Waals surface area contributed by atoms with Crippen molar-refractivity contribution < 1.29 is 18.4 Å². The van der Waals surface area contributed by atoms with Gasteiger partial charge in [-0.15, -0.1) is 23.2 Å². The molecule has 98 valence electrons. The van der Waals surface area contributed by atoms with Crippen LogP contribution in [0.1, 0.15) is 0 Å². The molecule has 0 aliphatic heterocycles. The zero-order valence-corrected chi connectivity index (χ0v) is 10.4. The third kappa shape index (κ3) is 3.82. The fraction of sp³-hybridized carbons (Fsp3) is 0.200. The molecule has 0 atom stereocenters. The topological polar surface area (TPSA) is 58.2 Å². The summed E-state index contributed by atoms with van der Waals surface area (Å²) >= 11 is 10.5. The molecule has 1 aromatic rings. The average Bonchev–Trinajstić information content (AvgIpc) is 2.34. The highest BCUT2D eigenvalue weighted by atomic mass is 35.5. The Morgan fingerprint density at radius 2 is 1.28 bits per heavy atom. The fourth-order valence-electron chi connectivity index (χ4n) is 1.12. The van der Waals surface area contributed by atoms with Crippen molar-refractivity contribution in [2.24, 2.45) is 0 Å². The number of rotatable bonds is 4. The van der Waals surface area contributed by atoms with E-state index in [1.54, 1.807) is 0 Å². The predicted octanol–water partition coefficient (Wildman–Crippen LogP) is 2.32. The highest BCUT2D eigenvalue weighted by molar-refractivity contribution is 6.30. The molecule has 0 fully saturated rings. The highest BCUT2D eigenvalue weighted by Crippen LogP contribution is 2.25. The zero-order chi connectivity index (χ0) is 13.7. The Morgan fingerprint density at radius 1 is 0.944 bits per heavy atom. The van der Waals surface area contributed by atoms with Gasteiger partial charge in [0.15, 0.2) is 11.6 Å². The molecule has 2 amide bonds. The van der Waals surface area contributed by atoms with Gasteiger partial charge >= 0.3 is 0 Å². The number of alkyl halides is 2. The van der Waals surface area contributed by atoms with E-state index in [0.29, 0.717) is 0 Å². The van der Waals surface area contributed by atoms with Crippen LogP contribution in [0.15, 0.2) is 12.1 Å². The Kier molecular flexibility index (Phi) is 5.30. The lowest BCUT2D eigenvalue weighted by Gasteiger charge is -2.11. The Hall–Kier alpha value is -1.40. The first-order chi connectivity index (χ1) is 8.47. The Morgan fingerprint density at radius 3 is 1.56 bits per heavy atom. The number of nitrogens with one attached hydrogen (secondary N) is 2. The standard InChI is InChI=1S/C10H8Cl2F2N2O2/c11-3-9(17)15-7-1-5(13)6(14)2-8(7)16-10(18)4-12/h1-2H,3-4H2,(H,15,17)(H,16,18). The second kappa shape index (κ2) is 6.51. The van der Waals surface area contributed by atoms with Crippen LogP contribution >= 0.6 is 23.2 Å². The molecule has 0 heterocycles. The van der Waals surface area contributed by atoms with Gasteiger partial charge < -0.3 is 10.6 Å². The molecule has 4 nitrogen and oxygen atoms in total. The number of anilines is 2. The maximum atomic E-state index is 13.0. The van der Waals surface area contributed by atoms with Crippen molar-refractivity contribution >= 4 is 46.4 Å². The van der Waals surface area contributed by atoms with E-state index in [9.17, 15) is 18.4 Å². The third-order valence-electron chi connectivity index (χ3n) is 1.85. The molecule has 0 unspecified atom stereocenters. The Labute approximate surface area is 111 Å². The molecule has 2 N–H and O–H groups in total. The van der Waals surface area contributed by atoms with E-state index in [1.807, 2.05) is 0 Å². The van der Waals surface area contributed by atoms with Crippen molar-refractivity contribution in [2.45, 2.75) is 0 Å². The van der Waals surface area contributed by atoms with E-state index in [2.05, 4.69) is 10.6 Å². The van der Waals surface area contributed by atoms with Gasteiger partial charge in [-0.05, 0) is 0 Å². The van der Waals surface area contributed by atoms with Crippen LogP contribution in [0.5, 0.6) is 0 Å². The van der Waals surface area contributed by atoms with Gasteiger partial charge in [0, 0.05) is 12.1 Å². The molecule has 18 heavy (non-hydrogen) atoms. The zero-order valence-electron chi connectivity index (χ0n) is 8.90. The number of hydrogen-bond acceptors (Lipinski definition) is 2. The minimum Gasteiger partial charge on any atom is -0.323 e. The summed E-state index contributed by atoms with van der Waals surface area (Å²) in [5, 5.41) is 4.44. The third-order valence-corrected chi connectivity index (χ3v) is 2.34. The quantitative estimate of drug-likeness (QED) is 0.838. The largest absolute Gasteiger partial charge is 0.323 e. The summed E-state index contributed by atoms with van der Waals surface area (Å²) in [5.74, 6) is -4.29. The van der Waals surface area contributed by atoms with Gasteiger partial charge in [0.05, 0.1) is 11.4 Å². The van der Waals surface area contributed by atoms with E-state index in [1.165, 1.54) is 0 Å². The Bertz CT molecular complexity index is 440. The minimum atomic E-state index is -1.16. The first-order valence-corrected chi connectivity index (χ1v) is 5.75. The van der Waals surface area contributed by atoms with Crippen LogP contribution < -0.4 is 10.6 Å². The molecule has 0 aliphatic carbocycles. The summed E-state index contributed by atoms with van der Waals surface area (Å²) in [7, 11) is 0. The van der Waals surface area contributed by atoms with Crippen molar-refractivity contribution in [3.63, 3.8) is 0 Å². The van der Waals surface area contributed by atoms with E-state index in [-0.39, 0.29) is 23.1 Å². The molecule has 1 rings (SSSR count). The second-order valence-electron chi connectivity index (χ2n) is 3.18. The molecule has 1 aromatic carbocycles. The van der Waals surface area contributed by atoms with E-state index in [0.717, 1.165) is 12.1 Å². The molecular weight excluding hydrogens is 289 g/mol. The first-order valence-electron chi connectivity index (χ1n) is 4.68. The van der Waals surface area contributed by atoms with Crippen molar-refractivity contribution in [1.29, 1.82) is 0 Å². The fourth-order valence-corrected chi connectivity index (χ4v) is 1.25. The monoisotopic (exact) mass is 296 g/mol. The van der Waals surface area contributed by atoms with Crippen LogP contribution in [0.2, 0.25) is 0 Å². The average molecular weight is 297 g/mol. The van der Waals surface area contributed by atoms with Crippen LogP contribution in [0, 0.1) is 11.6 Å². The van der Waals surface area contributed by atoms with Gasteiger partial charge in [-0.2, -0.15) is 0 Å². The molecule has 0 aromatic heterocycles. The maximum Gasteiger partial charge on any atom is 0.239 e. The van der Waals surface area contributed by atoms with Gasteiger partial charge in [0.25, 0.3) is 0 Å². The van der Waals surface area contributed by atoms with Crippen molar-refractivity contribution in [2.75, 3.05) is 22.4 Å². The van der Waals surface area contributed by atoms with E-state index < -0.39 is 23.4 Å². The molecule has 0 radical (unpaired) electrons. The lowest BCUT2D eigenvalue weighted by Crippen LogP contribution is -2.18. The SMILES string of the molecule is O=C(CCl)Nc1cc(F)c(F)cc1NC(=O)CCl. The van der Waals surface area contributed by atoms with Crippen molar-refractivity contribution in [3.8, 4) is 0 Å². The maximum absolute atomic E-state index is 13.0. The molecule has 0 bridgehead atoms. The molecule has 0 saturated heterocycles. The smallest absolute Gasteiger partial charge is 0.239 e. The molecule has 0 saturated carbocycles. The van der Waals surface area contributed by atoms with E-state index >= 15 is 0 Å². The van der Waals surface area contributed by atoms with Gasteiger partial charge in [0.1, 0.15) is 11.8 Å². The minimum absolute atomic E-state index is 0.0991. The lowest BCUT2D eigenvalue weighted by molar-refractivity contribution is -0.114. The lowest BCUT2D eigenvalue weighted by atomic mass is 10.2. The number of carbonyl (C=O) groups excluding carboxylic acids is 2. The molecular formula is C10H8Cl2F2N2O2. The second-order valence-corrected chi connectivity index (χ2v) is 3.71. The van der Waals surface area contributed by atoms with Crippen LogP contribution in [0.3, 0.4) is 0 Å². The summed E-state index contributed by atoms with van der Waals surface area (Å²) in [6, 6.07) is 1.48. The van der Waals surface area contributed by atoms with Crippen LogP contribution in [-0.2, 0) is 9.59 Å². The van der Waals surface area contributed by atoms with Gasteiger partial charge in [-0.3, -0.25) is 9.59 Å². The summed E-state index contributed by atoms with van der Waals surface area (Å²) < 4.78 is 26.1. The Balaban J connectivity index is 3.08. The first kappa shape index (κ1) is 14.7. The van der Waals surface area contributed by atoms with Gasteiger partial charge in [-0.1, -0.05) is 0 Å². The summed E-state index contributed by atoms with van der Waals surface area (Å²) in [5.41, 5.74) is -0.198. The van der Waals surface area contributed by atoms with Crippen LogP contribution in [0.4, 0.5) is 20.2 Å². The summed E-state index contributed by atoms with van der Waals surface area (Å²) in [4.78, 5) is 22.2. The summed E-state index contributed by atoms with van der Waals surface area (Å²) in [6.45, 7) is 0. The number of amides is 2. The predicted molar refractivity (Wildman–Crippen MR) is 65.1 cm³/mol. The molecule has 0 spiro atoms. The summed E-state index contributed by atoms with van der Waals surface area (Å²) in [6.07, 6.45) is 0. The molecule has 8 heteroatoms. The van der Waals surface area contributed by atoms with Crippen LogP contribution in [-0.4, -0.2) is 23.6 Å².